The van der Waals surface area contributed by atoms with Crippen LogP contribution in [-0.2, 0) is 11.3 Å². The number of anilines is 1. The number of ether oxygens (including phenoxy) is 1. The minimum Gasteiger partial charge on any atom is -0.377 e. The van der Waals surface area contributed by atoms with Gasteiger partial charge in [-0.05, 0) is 12.5 Å². The predicted octanol–water partition coefficient (Wildman–Crippen LogP) is 2.38. The number of aromatic nitrogens is 3. The van der Waals surface area contributed by atoms with Crippen LogP contribution in [0.25, 0.3) is 11.3 Å². The summed E-state index contributed by atoms with van der Waals surface area (Å²) in [5, 5.41) is 12.2. The van der Waals surface area contributed by atoms with Gasteiger partial charge in [0.15, 0.2) is 5.82 Å². The van der Waals surface area contributed by atoms with E-state index < -0.39 is 0 Å². The van der Waals surface area contributed by atoms with Crippen LogP contribution in [-0.4, -0.2) is 28.6 Å². The van der Waals surface area contributed by atoms with E-state index in [1.54, 1.807) is 19.4 Å². The Labute approximate surface area is 123 Å². The summed E-state index contributed by atoms with van der Waals surface area (Å²) in [6.07, 6.45) is 4.21. The number of pyridine rings is 1. The second-order valence-electron chi connectivity index (χ2n) is 4.49. The van der Waals surface area contributed by atoms with Gasteiger partial charge in [0, 0.05) is 37.7 Å². The quantitative estimate of drug-likeness (QED) is 0.876. The number of nitrogens with zero attached hydrogens (tertiary/aromatic N) is 4. The molecule has 0 aliphatic rings. The highest BCUT2D eigenvalue weighted by atomic mass is 16.5. The molecule has 2 rings (SSSR count). The van der Waals surface area contributed by atoms with Crippen LogP contribution in [0.1, 0.15) is 24.7 Å². The molecule has 0 amide bonds. The highest BCUT2D eigenvalue weighted by molar-refractivity contribution is 5.63. The monoisotopic (exact) mass is 283 g/mol. The number of nitriles is 1. The van der Waals surface area contributed by atoms with E-state index in [1.165, 1.54) is 6.20 Å². The number of methoxy groups -OCH3 is 1. The van der Waals surface area contributed by atoms with Gasteiger partial charge in [0.1, 0.15) is 18.5 Å². The molecule has 6 heteroatoms. The van der Waals surface area contributed by atoms with E-state index in [1.807, 2.05) is 6.07 Å². The van der Waals surface area contributed by atoms with E-state index in [-0.39, 0.29) is 0 Å². The summed E-state index contributed by atoms with van der Waals surface area (Å²) in [6.45, 7) is 3.25. The van der Waals surface area contributed by atoms with Gasteiger partial charge in [0.25, 0.3) is 0 Å². The van der Waals surface area contributed by atoms with Crippen molar-refractivity contribution in [3.8, 4) is 17.3 Å². The Kier molecular flexibility index (Phi) is 5.18. The minimum absolute atomic E-state index is 0.333. The lowest BCUT2D eigenvalue weighted by Gasteiger charge is -2.09. The Balaban J connectivity index is 2.40. The standard InChI is InChI=1S/C15H17N5O/c1-3-4-18-14-6-13(19-15(20-14)10-21-2)12-5-11(7-16)8-17-9-12/h5-6,8-9H,3-4,10H2,1-2H3,(H,18,19,20). The molecule has 0 saturated carbocycles. The lowest BCUT2D eigenvalue weighted by molar-refractivity contribution is 0.178. The van der Waals surface area contributed by atoms with Crippen LogP contribution >= 0.6 is 0 Å². The number of nitrogens with one attached hydrogen (secondary N) is 1. The van der Waals surface area contributed by atoms with E-state index in [2.05, 4.69) is 33.3 Å². The highest BCUT2D eigenvalue weighted by Crippen LogP contribution is 2.20. The second-order valence-corrected chi connectivity index (χ2v) is 4.49. The molecule has 2 aromatic rings. The fourth-order valence-electron chi connectivity index (χ4n) is 1.82. The molecule has 6 nitrogen and oxygen atoms in total. The first-order valence-electron chi connectivity index (χ1n) is 6.73. The fourth-order valence-corrected chi connectivity index (χ4v) is 1.82. The third-order valence-electron chi connectivity index (χ3n) is 2.77. The van der Waals surface area contributed by atoms with E-state index in [9.17, 15) is 0 Å². The Morgan fingerprint density at radius 2 is 2.14 bits per heavy atom. The van der Waals surface area contributed by atoms with Gasteiger partial charge in [-0.2, -0.15) is 5.26 Å². The van der Waals surface area contributed by atoms with Gasteiger partial charge in [-0.1, -0.05) is 6.92 Å². The molecule has 0 aliphatic heterocycles. The summed E-state index contributed by atoms with van der Waals surface area (Å²) >= 11 is 0. The van der Waals surface area contributed by atoms with Gasteiger partial charge in [-0.15, -0.1) is 0 Å². The third kappa shape index (κ3) is 3.97. The van der Waals surface area contributed by atoms with Gasteiger partial charge < -0.3 is 10.1 Å². The highest BCUT2D eigenvalue weighted by Gasteiger charge is 2.08. The molecule has 2 heterocycles. The van der Waals surface area contributed by atoms with Gasteiger partial charge in [0.2, 0.25) is 0 Å². The molecule has 108 valence electrons. The fraction of sp³-hybridized carbons (Fsp3) is 0.333. The Morgan fingerprint density at radius 3 is 2.86 bits per heavy atom. The first-order valence-corrected chi connectivity index (χ1v) is 6.73. The molecular formula is C15H17N5O. The summed E-state index contributed by atoms with van der Waals surface area (Å²) < 4.78 is 5.10. The van der Waals surface area contributed by atoms with Crippen LogP contribution in [0, 0.1) is 11.3 Å². The van der Waals surface area contributed by atoms with Crippen molar-refractivity contribution in [3.63, 3.8) is 0 Å². The molecule has 0 bridgehead atoms. The average molecular weight is 283 g/mol. The summed E-state index contributed by atoms with van der Waals surface area (Å²) in [5.41, 5.74) is 2.01. The van der Waals surface area contributed by atoms with Gasteiger partial charge >= 0.3 is 0 Å². The van der Waals surface area contributed by atoms with Crippen molar-refractivity contribution >= 4 is 5.82 Å². The number of rotatable bonds is 6. The van der Waals surface area contributed by atoms with Crippen LogP contribution in [0.3, 0.4) is 0 Å². The van der Waals surface area contributed by atoms with Crippen molar-refractivity contribution in [2.75, 3.05) is 19.0 Å². The molecular weight excluding hydrogens is 266 g/mol. The van der Waals surface area contributed by atoms with Gasteiger partial charge in [-0.25, -0.2) is 9.97 Å². The Morgan fingerprint density at radius 1 is 1.29 bits per heavy atom. The average Bonchev–Trinajstić information content (AvgIpc) is 2.53. The molecule has 1 N–H and O–H groups in total. The summed E-state index contributed by atoms with van der Waals surface area (Å²) in [5.74, 6) is 1.34. The van der Waals surface area contributed by atoms with Crippen LogP contribution in [0.4, 0.5) is 5.82 Å². The van der Waals surface area contributed by atoms with E-state index in [0.717, 1.165) is 30.0 Å². The smallest absolute Gasteiger partial charge is 0.157 e. The van der Waals surface area contributed by atoms with Crippen molar-refractivity contribution in [1.82, 2.24) is 15.0 Å². The first-order chi connectivity index (χ1) is 10.3. The Bertz CT molecular complexity index is 651. The van der Waals surface area contributed by atoms with Crippen LogP contribution in [0.15, 0.2) is 24.5 Å². The minimum atomic E-state index is 0.333. The Hall–Kier alpha value is -2.52. The van der Waals surface area contributed by atoms with E-state index in [0.29, 0.717) is 18.0 Å². The van der Waals surface area contributed by atoms with Gasteiger partial charge in [-0.3, -0.25) is 4.98 Å². The lowest BCUT2D eigenvalue weighted by atomic mass is 10.1. The molecule has 0 saturated heterocycles. The maximum absolute atomic E-state index is 8.96. The van der Waals surface area contributed by atoms with Crippen molar-refractivity contribution in [3.05, 3.63) is 35.9 Å². The SMILES string of the molecule is CCCNc1cc(-c2cncc(C#N)c2)nc(COC)n1. The van der Waals surface area contributed by atoms with Crippen LogP contribution in [0.2, 0.25) is 0 Å². The molecule has 21 heavy (non-hydrogen) atoms. The molecule has 0 radical (unpaired) electrons. The normalized spacial score (nSPS) is 10.1. The molecule has 0 aliphatic carbocycles. The molecule has 2 aromatic heterocycles. The van der Waals surface area contributed by atoms with Gasteiger partial charge in [0.05, 0.1) is 11.3 Å². The largest absolute Gasteiger partial charge is 0.377 e. The summed E-state index contributed by atoms with van der Waals surface area (Å²) in [6, 6.07) is 5.69. The maximum atomic E-state index is 8.96. The number of hydrogen-bond donors (Lipinski definition) is 1. The number of hydrogen-bond acceptors (Lipinski definition) is 6. The molecule has 0 aromatic carbocycles. The zero-order valence-electron chi connectivity index (χ0n) is 12.1. The van der Waals surface area contributed by atoms with Crippen LogP contribution < -0.4 is 5.32 Å². The zero-order chi connectivity index (χ0) is 15.1. The zero-order valence-corrected chi connectivity index (χ0v) is 12.1. The van der Waals surface area contributed by atoms with Crippen molar-refractivity contribution in [1.29, 1.82) is 5.26 Å². The van der Waals surface area contributed by atoms with Crippen LogP contribution in [0.5, 0.6) is 0 Å². The first kappa shape index (κ1) is 14.9. The van der Waals surface area contributed by atoms with E-state index in [4.69, 9.17) is 10.00 Å². The van der Waals surface area contributed by atoms with E-state index >= 15 is 0 Å². The predicted molar refractivity (Wildman–Crippen MR) is 79.5 cm³/mol. The van der Waals surface area contributed by atoms with Crippen molar-refractivity contribution < 1.29 is 4.74 Å². The maximum Gasteiger partial charge on any atom is 0.157 e. The molecule has 0 spiro atoms. The molecule has 0 fully saturated rings. The summed E-state index contributed by atoms with van der Waals surface area (Å²) in [4.78, 5) is 12.9. The molecule has 0 unspecified atom stereocenters. The van der Waals surface area contributed by atoms with Crippen molar-refractivity contribution in [2.45, 2.75) is 20.0 Å². The molecule has 0 atom stereocenters. The third-order valence-corrected chi connectivity index (χ3v) is 2.77. The summed E-state index contributed by atoms with van der Waals surface area (Å²) in [7, 11) is 1.60. The lowest BCUT2D eigenvalue weighted by Crippen LogP contribution is -2.06. The second kappa shape index (κ2) is 7.31. The topological polar surface area (TPSA) is 83.7 Å². The van der Waals surface area contributed by atoms with Crippen molar-refractivity contribution in [2.24, 2.45) is 0 Å².